The van der Waals surface area contributed by atoms with E-state index in [9.17, 15) is 18.5 Å². The van der Waals surface area contributed by atoms with E-state index in [4.69, 9.17) is 9.05 Å². The summed E-state index contributed by atoms with van der Waals surface area (Å²) in [5, 5.41) is 10.4. The predicted molar refractivity (Wildman–Crippen MR) is 92.3 cm³/mol. The molecule has 0 amide bonds. The van der Waals surface area contributed by atoms with Crippen LogP contribution >= 0.6 is 23.5 Å². The van der Waals surface area contributed by atoms with Gasteiger partial charge in [-0.05, 0) is 48.4 Å². The van der Waals surface area contributed by atoms with Gasteiger partial charge >= 0.3 is 13.3 Å². The van der Waals surface area contributed by atoms with Gasteiger partial charge in [0.1, 0.15) is 0 Å². The molecule has 24 heavy (non-hydrogen) atoms. The molecule has 0 saturated heterocycles. The molecule has 2 aromatic rings. The number of aliphatic hydroxyl groups is 1. The number of halogens is 3. The normalized spacial score (nSPS) is 12.8. The third-order valence-corrected chi connectivity index (χ3v) is 6.22. The molecule has 0 aliphatic carbocycles. The fraction of sp³-hybridized carbons (Fsp3) is 0.375. The molecule has 0 bridgehead atoms. The minimum absolute atomic E-state index is 0.108. The number of alkyl halides is 2. The van der Waals surface area contributed by atoms with Gasteiger partial charge in [0.25, 0.3) is 0 Å². The van der Waals surface area contributed by atoms with Crippen LogP contribution in [0, 0.1) is 0 Å². The number of fused-ring (bicyclic) bond motifs is 1. The van der Waals surface area contributed by atoms with Crippen LogP contribution in [-0.4, -0.2) is 18.3 Å². The highest BCUT2D eigenvalue weighted by Crippen LogP contribution is 2.67. The Morgan fingerprint density at radius 3 is 2.29 bits per heavy atom. The van der Waals surface area contributed by atoms with Crippen LogP contribution in [0.2, 0.25) is 0 Å². The molecular weight excluding hydrogens is 405 g/mol. The number of rotatable bonds is 7. The highest BCUT2D eigenvalue weighted by atomic mass is 79.9. The van der Waals surface area contributed by atoms with Crippen molar-refractivity contribution in [2.75, 3.05) is 13.2 Å². The molecule has 0 saturated carbocycles. The average Bonchev–Trinajstić information content (AvgIpc) is 2.54. The molecule has 0 aromatic heterocycles. The molecule has 0 aliphatic heterocycles. The molecule has 0 heterocycles. The van der Waals surface area contributed by atoms with Crippen LogP contribution in [0.4, 0.5) is 8.78 Å². The maximum atomic E-state index is 15.0. The van der Waals surface area contributed by atoms with Gasteiger partial charge in [0, 0.05) is 10.0 Å². The Labute approximate surface area is 147 Å². The molecule has 0 unspecified atom stereocenters. The summed E-state index contributed by atoms with van der Waals surface area (Å²) in [6.07, 6.45) is 0. The van der Waals surface area contributed by atoms with Crippen molar-refractivity contribution in [2.45, 2.75) is 26.1 Å². The third-order valence-electron chi connectivity index (χ3n) is 3.44. The summed E-state index contributed by atoms with van der Waals surface area (Å²) in [6, 6.07) is 7.79. The fourth-order valence-electron chi connectivity index (χ4n) is 2.34. The highest BCUT2D eigenvalue weighted by molar-refractivity contribution is 9.10. The molecular formula is C16H18BrF2O4P. The second kappa shape index (κ2) is 7.58. The van der Waals surface area contributed by atoms with Gasteiger partial charge in [-0.1, -0.05) is 28.1 Å². The van der Waals surface area contributed by atoms with Crippen molar-refractivity contribution in [1.29, 1.82) is 0 Å². The first-order valence-corrected chi connectivity index (χ1v) is 9.73. The summed E-state index contributed by atoms with van der Waals surface area (Å²) >= 11 is 3.12. The highest BCUT2D eigenvalue weighted by Gasteiger charge is 2.55. The van der Waals surface area contributed by atoms with Crippen molar-refractivity contribution in [2.24, 2.45) is 0 Å². The molecule has 0 radical (unpaired) electrons. The minimum Gasteiger partial charge on any atom is -0.392 e. The Hall–Kier alpha value is -0.850. The zero-order chi connectivity index (χ0) is 18.0. The van der Waals surface area contributed by atoms with Crippen LogP contribution in [-0.2, 0) is 25.9 Å². The number of benzene rings is 2. The molecule has 1 N–H and O–H groups in total. The number of aliphatic hydroxyl groups excluding tert-OH is 1. The summed E-state index contributed by atoms with van der Waals surface area (Å²) in [4.78, 5) is 0. The zero-order valence-electron chi connectivity index (χ0n) is 13.3. The second-order valence-corrected chi connectivity index (χ2v) is 7.97. The Morgan fingerprint density at radius 1 is 1.12 bits per heavy atom. The zero-order valence-corrected chi connectivity index (χ0v) is 15.7. The van der Waals surface area contributed by atoms with E-state index in [2.05, 4.69) is 15.9 Å². The smallest absolute Gasteiger partial charge is 0.392 e. The molecule has 4 nitrogen and oxygen atoms in total. The lowest BCUT2D eigenvalue weighted by atomic mass is 10.0. The number of hydrogen-bond acceptors (Lipinski definition) is 4. The van der Waals surface area contributed by atoms with E-state index in [0.29, 0.717) is 16.3 Å². The molecule has 0 atom stereocenters. The van der Waals surface area contributed by atoms with Gasteiger partial charge in [-0.2, -0.15) is 8.78 Å². The SMILES string of the molecule is CCOP(=O)(OCC)C(F)(F)c1cc2cc(CO)ccc2cc1Br. The minimum atomic E-state index is -4.68. The Balaban J connectivity index is 2.63. The van der Waals surface area contributed by atoms with E-state index in [1.54, 1.807) is 18.2 Å². The Kier molecular flexibility index (Phi) is 6.15. The van der Waals surface area contributed by atoms with Crippen LogP contribution < -0.4 is 0 Å². The lowest BCUT2D eigenvalue weighted by Gasteiger charge is -2.27. The summed E-state index contributed by atoms with van der Waals surface area (Å²) in [5.41, 5.74) is -3.70. The first-order valence-electron chi connectivity index (χ1n) is 7.39. The lowest BCUT2D eigenvalue weighted by Crippen LogP contribution is -2.19. The van der Waals surface area contributed by atoms with Crippen molar-refractivity contribution < 1.29 is 27.5 Å². The largest absolute Gasteiger partial charge is 0.404 e. The fourth-order valence-corrected chi connectivity index (χ4v) is 4.66. The molecule has 2 rings (SSSR count). The number of hydrogen-bond donors (Lipinski definition) is 1. The third kappa shape index (κ3) is 3.55. The van der Waals surface area contributed by atoms with Crippen LogP contribution in [0.3, 0.4) is 0 Å². The summed E-state index contributed by atoms with van der Waals surface area (Å²) in [7, 11) is -4.68. The van der Waals surface area contributed by atoms with E-state index < -0.39 is 18.8 Å². The molecule has 0 fully saturated rings. The second-order valence-electron chi connectivity index (χ2n) is 5.05. The predicted octanol–water partition coefficient (Wildman–Crippen LogP) is 5.41. The van der Waals surface area contributed by atoms with Crippen molar-refractivity contribution in [3.63, 3.8) is 0 Å². The van der Waals surface area contributed by atoms with Crippen molar-refractivity contribution in [3.8, 4) is 0 Å². The lowest BCUT2D eigenvalue weighted by molar-refractivity contribution is 0.0356. The molecule has 0 aliphatic rings. The Bertz CT molecular complexity index is 772. The van der Waals surface area contributed by atoms with E-state index >= 15 is 0 Å². The van der Waals surface area contributed by atoms with Crippen LogP contribution in [0.25, 0.3) is 10.8 Å². The van der Waals surface area contributed by atoms with Crippen LogP contribution in [0.5, 0.6) is 0 Å². The first-order chi connectivity index (χ1) is 11.3. The van der Waals surface area contributed by atoms with Crippen LogP contribution in [0.1, 0.15) is 25.0 Å². The van der Waals surface area contributed by atoms with Crippen molar-refractivity contribution in [3.05, 3.63) is 45.9 Å². The summed E-state index contributed by atoms with van der Waals surface area (Å²) < 4.78 is 52.3. The van der Waals surface area contributed by atoms with Gasteiger partial charge < -0.3 is 14.2 Å². The van der Waals surface area contributed by atoms with Gasteiger partial charge in [-0.3, -0.25) is 4.57 Å². The van der Waals surface area contributed by atoms with E-state index in [0.717, 1.165) is 0 Å². The van der Waals surface area contributed by atoms with Gasteiger partial charge in [-0.25, -0.2) is 0 Å². The Morgan fingerprint density at radius 2 is 1.75 bits per heavy atom. The van der Waals surface area contributed by atoms with Crippen LogP contribution in [0.15, 0.2) is 34.8 Å². The quantitative estimate of drug-likeness (QED) is 0.606. The monoisotopic (exact) mass is 422 g/mol. The molecule has 132 valence electrons. The van der Waals surface area contributed by atoms with E-state index in [1.807, 2.05) is 0 Å². The van der Waals surface area contributed by atoms with Gasteiger partial charge in [0.05, 0.1) is 19.8 Å². The summed E-state index contributed by atoms with van der Waals surface area (Å²) in [6.45, 7) is 2.43. The van der Waals surface area contributed by atoms with Gasteiger partial charge in [0.2, 0.25) is 0 Å². The molecule has 0 spiro atoms. The van der Waals surface area contributed by atoms with Gasteiger partial charge in [0.15, 0.2) is 0 Å². The van der Waals surface area contributed by atoms with E-state index in [1.165, 1.54) is 26.0 Å². The maximum absolute atomic E-state index is 15.0. The standard InChI is InChI=1S/C16H18BrF2O4P/c1-3-22-24(21,23-4-2)16(18,19)14-8-13-7-11(10-20)5-6-12(13)9-15(14)17/h5-9,20H,3-4,10H2,1-2H3. The average molecular weight is 423 g/mol. The van der Waals surface area contributed by atoms with Gasteiger partial charge in [-0.15, -0.1) is 0 Å². The first kappa shape index (κ1) is 19.5. The topological polar surface area (TPSA) is 55.8 Å². The summed E-state index contributed by atoms with van der Waals surface area (Å²) in [5.74, 6) is 0. The van der Waals surface area contributed by atoms with Crippen molar-refractivity contribution >= 4 is 34.3 Å². The van der Waals surface area contributed by atoms with E-state index in [-0.39, 0.29) is 24.3 Å². The molecule has 2 aromatic carbocycles. The maximum Gasteiger partial charge on any atom is 0.404 e. The van der Waals surface area contributed by atoms with Crippen molar-refractivity contribution in [1.82, 2.24) is 0 Å². The molecule has 8 heteroatoms.